The standard InChI is InChI=1S/C32H26BrF2N3O4/c33-22-15-24(30(41)37(18-22)17-20-4-2-1-3-5-20)31(42)38-19-32(25-16-23(34)7-8-27(25)38)10-12-36(13-11-32)29(40)21-6-9-28(39)26(35)14-21/h1-9,14-16,18,39H,10-13,17,19H2. The number of phenolic OH excluding ortho intramolecular Hbond substituents is 1. The van der Waals surface area contributed by atoms with Crippen LogP contribution in [0.2, 0.25) is 0 Å². The molecule has 1 saturated heterocycles. The van der Waals surface area contributed by atoms with Crippen molar-refractivity contribution < 1.29 is 23.5 Å². The van der Waals surface area contributed by atoms with Crippen LogP contribution in [0.3, 0.4) is 0 Å². The highest BCUT2D eigenvalue weighted by Crippen LogP contribution is 2.48. The summed E-state index contributed by atoms with van der Waals surface area (Å²) in [4.78, 5) is 43.7. The maximum atomic E-state index is 14.5. The summed E-state index contributed by atoms with van der Waals surface area (Å²) >= 11 is 3.44. The number of fused-ring (bicyclic) bond motifs is 2. The summed E-state index contributed by atoms with van der Waals surface area (Å²) in [5.41, 5.74) is 1.17. The van der Waals surface area contributed by atoms with E-state index in [-0.39, 0.29) is 23.6 Å². The predicted molar refractivity (Wildman–Crippen MR) is 157 cm³/mol. The van der Waals surface area contributed by atoms with Gasteiger partial charge in [-0.1, -0.05) is 30.3 Å². The first-order valence-corrected chi connectivity index (χ1v) is 14.3. The van der Waals surface area contributed by atoms with Gasteiger partial charge in [0.2, 0.25) is 0 Å². The molecule has 0 atom stereocenters. The Morgan fingerprint density at radius 1 is 0.929 bits per heavy atom. The fourth-order valence-electron chi connectivity index (χ4n) is 6.01. The van der Waals surface area contributed by atoms with Crippen molar-refractivity contribution in [3.05, 3.63) is 128 Å². The molecular formula is C32H26BrF2N3O4. The number of rotatable bonds is 4. The molecule has 214 valence electrons. The zero-order valence-corrected chi connectivity index (χ0v) is 24.0. The number of phenols is 1. The van der Waals surface area contributed by atoms with Crippen LogP contribution in [0.15, 0.2) is 88.3 Å². The van der Waals surface area contributed by atoms with E-state index < -0.39 is 34.3 Å². The van der Waals surface area contributed by atoms with E-state index in [1.165, 1.54) is 33.7 Å². The molecule has 1 fully saturated rings. The maximum Gasteiger partial charge on any atom is 0.263 e. The summed E-state index contributed by atoms with van der Waals surface area (Å²) in [6.07, 6.45) is 2.53. The number of likely N-dealkylation sites (tertiary alicyclic amines) is 1. The fraction of sp³-hybridized carbons (Fsp3) is 0.219. The number of anilines is 1. The molecule has 0 unspecified atom stereocenters. The highest BCUT2D eigenvalue weighted by molar-refractivity contribution is 9.10. The zero-order valence-electron chi connectivity index (χ0n) is 22.4. The number of hydrogen-bond acceptors (Lipinski definition) is 4. The van der Waals surface area contributed by atoms with Crippen molar-refractivity contribution in [2.24, 2.45) is 0 Å². The molecule has 0 aliphatic carbocycles. The Labute approximate surface area is 248 Å². The van der Waals surface area contributed by atoms with E-state index in [2.05, 4.69) is 15.9 Å². The smallest absolute Gasteiger partial charge is 0.263 e. The lowest BCUT2D eigenvalue weighted by Gasteiger charge is -2.40. The van der Waals surface area contributed by atoms with Gasteiger partial charge in [0.1, 0.15) is 11.4 Å². The lowest BCUT2D eigenvalue weighted by atomic mass is 9.74. The topological polar surface area (TPSA) is 82.8 Å². The second-order valence-corrected chi connectivity index (χ2v) is 11.7. The van der Waals surface area contributed by atoms with Crippen molar-refractivity contribution in [1.29, 1.82) is 0 Å². The van der Waals surface area contributed by atoms with Crippen LogP contribution >= 0.6 is 15.9 Å². The molecule has 2 aliphatic heterocycles. The van der Waals surface area contributed by atoms with Gasteiger partial charge in [-0.2, -0.15) is 0 Å². The number of amides is 2. The molecule has 1 aromatic heterocycles. The van der Waals surface area contributed by atoms with Gasteiger partial charge in [0.25, 0.3) is 17.4 Å². The Morgan fingerprint density at radius 3 is 2.38 bits per heavy atom. The SMILES string of the molecule is O=C(c1ccc(O)c(F)c1)N1CCC2(CC1)CN(C(=O)c1cc(Br)cn(Cc3ccccc3)c1=O)c1ccc(F)cc12. The van der Waals surface area contributed by atoms with Crippen molar-refractivity contribution in [1.82, 2.24) is 9.47 Å². The van der Waals surface area contributed by atoms with Crippen LogP contribution in [0.1, 0.15) is 44.7 Å². The summed E-state index contributed by atoms with van der Waals surface area (Å²) in [6.45, 7) is 1.13. The monoisotopic (exact) mass is 633 g/mol. The maximum absolute atomic E-state index is 14.5. The predicted octanol–water partition coefficient (Wildman–Crippen LogP) is 5.48. The van der Waals surface area contributed by atoms with E-state index in [1.807, 2.05) is 30.3 Å². The molecule has 0 bridgehead atoms. The average Bonchev–Trinajstić information content (AvgIpc) is 3.29. The molecule has 0 radical (unpaired) electrons. The number of piperidine rings is 1. The van der Waals surface area contributed by atoms with Gasteiger partial charge >= 0.3 is 0 Å². The molecule has 6 rings (SSSR count). The van der Waals surface area contributed by atoms with Crippen molar-refractivity contribution >= 4 is 33.4 Å². The summed E-state index contributed by atoms with van der Waals surface area (Å²) in [5.74, 6) is -2.70. The minimum atomic E-state index is -0.876. The van der Waals surface area contributed by atoms with Crippen LogP contribution in [0.5, 0.6) is 5.75 Å². The lowest BCUT2D eigenvalue weighted by Crippen LogP contribution is -2.48. The molecule has 3 heterocycles. The fourth-order valence-corrected chi connectivity index (χ4v) is 6.48. The first kappa shape index (κ1) is 27.8. The molecule has 3 aromatic carbocycles. The van der Waals surface area contributed by atoms with Crippen LogP contribution in [0, 0.1) is 11.6 Å². The van der Waals surface area contributed by atoms with Crippen LogP contribution < -0.4 is 10.5 Å². The number of aromatic nitrogens is 1. The molecular weight excluding hydrogens is 608 g/mol. The number of pyridine rings is 1. The van der Waals surface area contributed by atoms with Gasteiger partial charge in [0.15, 0.2) is 11.6 Å². The number of halogens is 3. The van der Waals surface area contributed by atoms with E-state index in [0.29, 0.717) is 48.2 Å². The van der Waals surface area contributed by atoms with E-state index >= 15 is 0 Å². The molecule has 10 heteroatoms. The largest absolute Gasteiger partial charge is 0.505 e. The van der Waals surface area contributed by atoms with Crippen LogP contribution in [-0.4, -0.2) is 46.0 Å². The van der Waals surface area contributed by atoms with E-state index in [4.69, 9.17) is 0 Å². The highest BCUT2D eigenvalue weighted by atomic mass is 79.9. The first-order valence-electron chi connectivity index (χ1n) is 13.5. The van der Waals surface area contributed by atoms with Crippen molar-refractivity contribution in [2.75, 3.05) is 24.5 Å². The molecule has 1 N–H and O–H groups in total. The van der Waals surface area contributed by atoms with Gasteiger partial charge in [0.05, 0.1) is 6.54 Å². The number of benzene rings is 3. The normalized spacial score (nSPS) is 15.6. The summed E-state index contributed by atoms with van der Waals surface area (Å²) < 4.78 is 30.5. The molecule has 2 amide bonds. The molecule has 0 saturated carbocycles. The van der Waals surface area contributed by atoms with E-state index in [0.717, 1.165) is 17.7 Å². The van der Waals surface area contributed by atoms with Gasteiger partial charge in [-0.05, 0) is 82.4 Å². The number of carbonyl (C=O) groups excluding carboxylic acids is 2. The third-order valence-electron chi connectivity index (χ3n) is 8.21. The van der Waals surface area contributed by atoms with Gasteiger partial charge in [-0.25, -0.2) is 8.78 Å². The van der Waals surface area contributed by atoms with Crippen molar-refractivity contribution in [3.8, 4) is 5.75 Å². The van der Waals surface area contributed by atoms with E-state index in [1.54, 1.807) is 17.2 Å². The minimum Gasteiger partial charge on any atom is -0.505 e. The minimum absolute atomic E-state index is 0.00500. The Hall–Kier alpha value is -4.31. The molecule has 2 aliphatic rings. The Morgan fingerprint density at radius 2 is 1.67 bits per heavy atom. The van der Waals surface area contributed by atoms with E-state index in [9.17, 15) is 28.3 Å². The average molecular weight is 634 g/mol. The summed E-state index contributed by atoms with van der Waals surface area (Å²) in [6, 6.07) is 18.8. The molecule has 4 aromatic rings. The Kier molecular flexibility index (Phi) is 7.18. The van der Waals surface area contributed by atoms with Gasteiger partial charge in [-0.15, -0.1) is 0 Å². The number of carbonyl (C=O) groups is 2. The molecule has 7 nitrogen and oxygen atoms in total. The summed E-state index contributed by atoms with van der Waals surface area (Å²) in [7, 11) is 0. The van der Waals surface area contributed by atoms with Gasteiger partial charge < -0.3 is 19.5 Å². The second-order valence-electron chi connectivity index (χ2n) is 10.8. The van der Waals surface area contributed by atoms with Crippen LogP contribution in [0.25, 0.3) is 0 Å². The van der Waals surface area contributed by atoms with Gasteiger partial charge in [-0.3, -0.25) is 14.4 Å². The van der Waals surface area contributed by atoms with Crippen molar-refractivity contribution in [2.45, 2.75) is 24.8 Å². The second kappa shape index (κ2) is 10.8. The lowest BCUT2D eigenvalue weighted by molar-refractivity contribution is 0.0670. The number of aromatic hydroxyl groups is 1. The molecule has 1 spiro atoms. The Bertz CT molecular complexity index is 1770. The first-order chi connectivity index (χ1) is 20.1. The molecule has 42 heavy (non-hydrogen) atoms. The van der Waals surface area contributed by atoms with Crippen LogP contribution in [-0.2, 0) is 12.0 Å². The van der Waals surface area contributed by atoms with Crippen LogP contribution in [0.4, 0.5) is 14.5 Å². The quantitative estimate of drug-likeness (QED) is 0.323. The number of hydrogen-bond donors (Lipinski definition) is 1. The summed E-state index contributed by atoms with van der Waals surface area (Å²) in [5, 5.41) is 9.47. The third-order valence-corrected chi connectivity index (χ3v) is 8.64. The highest BCUT2D eigenvalue weighted by Gasteiger charge is 2.47. The van der Waals surface area contributed by atoms with Gasteiger partial charge in [0, 0.05) is 47.0 Å². The Balaban J connectivity index is 1.28. The van der Waals surface area contributed by atoms with Crippen molar-refractivity contribution in [3.63, 3.8) is 0 Å². The number of nitrogens with zero attached hydrogens (tertiary/aromatic N) is 3. The third kappa shape index (κ3) is 5.00. The zero-order chi connectivity index (χ0) is 29.6.